The molecule has 1 aromatic rings. The van der Waals surface area contributed by atoms with Gasteiger partial charge in [0.15, 0.2) is 6.04 Å². The van der Waals surface area contributed by atoms with Crippen molar-refractivity contribution in [3.63, 3.8) is 0 Å². The lowest BCUT2D eigenvalue weighted by Crippen LogP contribution is -2.20. The van der Waals surface area contributed by atoms with Crippen molar-refractivity contribution < 1.29 is 17.9 Å². The lowest BCUT2D eigenvalue weighted by molar-refractivity contribution is -0.136. The summed E-state index contributed by atoms with van der Waals surface area (Å²) >= 11 is 0. The van der Waals surface area contributed by atoms with Gasteiger partial charge in [-0.05, 0) is 12.1 Å². The fourth-order valence-corrected chi connectivity index (χ4v) is 1.34. The zero-order chi connectivity index (χ0) is 12.5. The maximum atomic E-state index is 12.3. The maximum Gasteiger partial charge on any atom is 0.412 e. The number of hydrogen-bond donors (Lipinski definition) is 0. The molecule has 1 aromatic heterocycles. The number of halogens is 3. The molecule has 0 spiro atoms. The second-order valence-electron chi connectivity index (χ2n) is 3.52. The Kier molecular flexibility index (Phi) is 2.91. The van der Waals surface area contributed by atoms with Crippen molar-refractivity contribution >= 4 is 5.90 Å². The Labute approximate surface area is 95.7 Å². The Morgan fingerprint density at radius 2 is 2.12 bits per heavy atom. The van der Waals surface area contributed by atoms with E-state index in [1.807, 2.05) is 0 Å². The molecule has 2 rings (SSSR count). The molecule has 0 amide bonds. The molecule has 1 aliphatic rings. The number of rotatable bonds is 2. The Balaban J connectivity index is 2.11. The van der Waals surface area contributed by atoms with E-state index in [2.05, 4.69) is 10.1 Å². The molecule has 0 N–H and O–H groups in total. The SMILES string of the molecule is CO/C(=N\N1CC1C(F)(F)F)c1ccncc1. The summed E-state index contributed by atoms with van der Waals surface area (Å²) in [5.74, 6) is 0.152. The van der Waals surface area contributed by atoms with Crippen LogP contribution in [0.1, 0.15) is 5.56 Å². The molecular weight excluding hydrogens is 235 g/mol. The summed E-state index contributed by atoms with van der Waals surface area (Å²) < 4.78 is 41.8. The summed E-state index contributed by atoms with van der Waals surface area (Å²) in [6, 6.07) is 1.75. The van der Waals surface area contributed by atoms with Crippen molar-refractivity contribution in [1.82, 2.24) is 9.99 Å². The number of nitrogens with zero attached hydrogens (tertiary/aromatic N) is 3. The molecule has 1 fully saturated rings. The minimum atomic E-state index is -4.24. The summed E-state index contributed by atoms with van der Waals surface area (Å²) in [6.07, 6.45) is -1.19. The minimum Gasteiger partial charge on any atom is -0.480 e. The first-order chi connectivity index (χ1) is 8.02. The van der Waals surface area contributed by atoms with Gasteiger partial charge in [0, 0.05) is 18.0 Å². The second-order valence-corrected chi connectivity index (χ2v) is 3.52. The van der Waals surface area contributed by atoms with Crippen molar-refractivity contribution in [1.29, 1.82) is 0 Å². The number of aromatic nitrogens is 1. The molecule has 1 unspecified atom stereocenters. The number of hydrazone groups is 1. The number of pyridine rings is 1. The molecule has 92 valence electrons. The van der Waals surface area contributed by atoms with Crippen LogP contribution in [0.4, 0.5) is 13.2 Å². The Bertz CT molecular complexity index is 419. The van der Waals surface area contributed by atoms with E-state index < -0.39 is 12.2 Å². The van der Waals surface area contributed by atoms with Gasteiger partial charge in [0.2, 0.25) is 5.90 Å². The summed E-state index contributed by atoms with van der Waals surface area (Å²) in [5, 5.41) is 4.75. The standard InChI is InChI=1S/C10H10F3N3O/c1-17-9(7-2-4-14-5-3-7)15-16-6-8(16)10(11,12)13/h2-5,8H,6H2,1H3/b15-9-. The monoisotopic (exact) mass is 245 g/mol. The van der Waals surface area contributed by atoms with Gasteiger partial charge in [0.1, 0.15) is 0 Å². The number of hydrogen-bond acceptors (Lipinski definition) is 4. The minimum absolute atomic E-state index is 0.124. The van der Waals surface area contributed by atoms with E-state index in [4.69, 9.17) is 4.74 Å². The highest BCUT2D eigenvalue weighted by Gasteiger charge is 2.54. The van der Waals surface area contributed by atoms with Crippen molar-refractivity contribution in [2.75, 3.05) is 13.7 Å². The van der Waals surface area contributed by atoms with Crippen LogP contribution in [0.3, 0.4) is 0 Å². The molecule has 2 heterocycles. The van der Waals surface area contributed by atoms with Gasteiger partial charge in [-0.3, -0.25) is 9.99 Å². The van der Waals surface area contributed by atoms with Crippen LogP contribution >= 0.6 is 0 Å². The molecule has 0 radical (unpaired) electrons. The number of alkyl halides is 3. The highest BCUT2D eigenvalue weighted by atomic mass is 19.4. The first kappa shape index (κ1) is 11.7. The van der Waals surface area contributed by atoms with Gasteiger partial charge in [-0.1, -0.05) is 0 Å². The maximum absolute atomic E-state index is 12.3. The average Bonchev–Trinajstić information content (AvgIpc) is 3.06. The van der Waals surface area contributed by atoms with E-state index in [9.17, 15) is 13.2 Å². The Morgan fingerprint density at radius 1 is 1.47 bits per heavy atom. The van der Waals surface area contributed by atoms with E-state index in [-0.39, 0.29) is 12.4 Å². The van der Waals surface area contributed by atoms with Gasteiger partial charge < -0.3 is 4.74 Å². The van der Waals surface area contributed by atoms with Crippen LogP contribution in [0.5, 0.6) is 0 Å². The molecule has 0 bridgehead atoms. The zero-order valence-electron chi connectivity index (χ0n) is 8.98. The van der Waals surface area contributed by atoms with Gasteiger partial charge in [0.25, 0.3) is 0 Å². The van der Waals surface area contributed by atoms with E-state index in [0.717, 1.165) is 5.01 Å². The van der Waals surface area contributed by atoms with Crippen LogP contribution in [0.2, 0.25) is 0 Å². The first-order valence-corrected chi connectivity index (χ1v) is 4.88. The smallest absolute Gasteiger partial charge is 0.412 e. The van der Waals surface area contributed by atoms with Crippen LogP contribution in [0, 0.1) is 0 Å². The Hall–Kier alpha value is -1.79. The van der Waals surface area contributed by atoms with Crippen LogP contribution in [-0.4, -0.2) is 41.8 Å². The van der Waals surface area contributed by atoms with Gasteiger partial charge in [0.05, 0.1) is 13.7 Å². The van der Waals surface area contributed by atoms with Crippen molar-refractivity contribution in [2.24, 2.45) is 5.10 Å². The summed E-state index contributed by atoms with van der Waals surface area (Å²) in [4.78, 5) is 3.81. The molecular formula is C10H10F3N3O. The molecule has 0 aliphatic carbocycles. The third-order valence-electron chi connectivity index (χ3n) is 2.30. The number of ether oxygens (including phenoxy) is 1. The van der Waals surface area contributed by atoms with Crippen molar-refractivity contribution in [3.8, 4) is 0 Å². The van der Waals surface area contributed by atoms with Crippen LogP contribution in [-0.2, 0) is 4.74 Å². The lowest BCUT2D eigenvalue weighted by Gasteiger charge is -2.07. The quantitative estimate of drug-likeness (QED) is 0.451. The molecule has 0 saturated carbocycles. The fourth-order valence-electron chi connectivity index (χ4n) is 1.34. The van der Waals surface area contributed by atoms with Crippen molar-refractivity contribution in [3.05, 3.63) is 30.1 Å². The van der Waals surface area contributed by atoms with E-state index in [0.29, 0.717) is 5.56 Å². The summed E-state index contributed by atoms with van der Waals surface area (Å²) in [5.41, 5.74) is 0.593. The van der Waals surface area contributed by atoms with Crippen LogP contribution in [0.15, 0.2) is 29.6 Å². The molecule has 7 heteroatoms. The summed E-state index contributed by atoms with van der Waals surface area (Å²) in [7, 11) is 1.37. The second kappa shape index (κ2) is 4.23. The first-order valence-electron chi connectivity index (χ1n) is 4.88. The zero-order valence-corrected chi connectivity index (χ0v) is 8.98. The van der Waals surface area contributed by atoms with Gasteiger partial charge in [-0.25, -0.2) is 0 Å². The predicted octanol–water partition coefficient (Wildman–Crippen LogP) is 1.64. The largest absolute Gasteiger partial charge is 0.480 e. The lowest BCUT2D eigenvalue weighted by atomic mass is 10.3. The third kappa shape index (κ3) is 2.66. The number of methoxy groups -OCH3 is 1. The van der Waals surface area contributed by atoms with Gasteiger partial charge >= 0.3 is 6.18 Å². The molecule has 17 heavy (non-hydrogen) atoms. The molecule has 1 atom stereocenters. The molecule has 4 nitrogen and oxygen atoms in total. The van der Waals surface area contributed by atoms with E-state index >= 15 is 0 Å². The molecule has 0 aromatic carbocycles. The predicted molar refractivity (Wildman–Crippen MR) is 54.3 cm³/mol. The normalized spacial score (nSPS) is 20.4. The van der Waals surface area contributed by atoms with Crippen LogP contribution in [0.25, 0.3) is 0 Å². The topological polar surface area (TPSA) is 37.5 Å². The van der Waals surface area contributed by atoms with Crippen molar-refractivity contribution in [2.45, 2.75) is 12.2 Å². The molecule has 1 saturated heterocycles. The third-order valence-corrected chi connectivity index (χ3v) is 2.30. The molecule has 1 aliphatic heterocycles. The summed E-state index contributed by atoms with van der Waals surface area (Å²) in [6.45, 7) is -0.124. The fraction of sp³-hybridized carbons (Fsp3) is 0.400. The van der Waals surface area contributed by atoms with Crippen LogP contribution < -0.4 is 0 Å². The van der Waals surface area contributed by atoms with E-state index in [1.54, 1.807) is 12.1 Å². The average molecular weight is 245 g/mol. The van der Waals surface area contributed by atoms with Gasteiger partial charge in [-0.2, -0.15) is 13.2 Å². The highest BCUT2D eigenvalue weighted by molar-refractivity contribution is 5.93. The van der Waals surface area contributed by atoms with Gasteiger partial charge in [-0.15, -0.1) is 5.10 Å². The Morgan fingerprint density at radius 3 is 2.59 bits per heavy atom. The van der Waals surface area contributed by atoms with E-state index in [1.165, 1.54) is 19.5 Å². The highest BCUT2D eigenvalue weighted by Crippen LogP contribution is 2.35.